The number of aryl methyl sites for hydroxylation is 1. The number of benzene rings is 1. The molecule has 1 aliphatic heterocycles. The number of carbonyl (C=O) groups is 1. The zero-order valence-corrected chi connectivity index (χ0v) is 10.4. The lowest BCUT2D eigenvalue weighted by Crippen LogP contribution is -2.34. The van der Waals surface area contributed by atoms with Gasteiger partial charge >= 0.3 is 6.09 Å². The molecule has 0 aliphatic carbocycles. The predicted octanol–water partition coefficient (Wildman–Crippen LogP) is 2.32. The van der Waals surface area contributed by atoms with Gasteiger partial charge < -0.3 is 10.5 Å². The molecule has 1 saturated heterocycles. The van der Waals surface area contributed by atoms with Crippen molar-refractivity contribution in [3.05, 3.63) is 28.8 Å². The fourth-order valence-electron chi connectivity index (χ4n) is 1.91. The summed E-state index contributed by atoms with van der Waals surface area (Å²) in [6, 6.07) is 5.55. The molecule has 0 bridgehead atoms. The summed E-state index contributed by atoms with van der Waals surface area (Å²) in [5, 5.41) is 0.647. The molecule has 4 nitrogen and oxygen atoms in total. The van der Waals surface area contributed by atoms with E-state index in [1.807, 2.05) is 19.1 Å². The maximum Gasteiger partial charge on any atom is 0.414 e. The van der Waals surface area contributed by atoms with Crippen LogP contribution < -0.4 is 10.6 Å². The fourth-order valence-corrected chi connectivity index (χ4v) is 2.09. The number of rotatable bonds is 3. The normalized spacial score (nSPS) is 19.6. The number of nitrogens with two attached hydrogens (primary N) is 1. The number of ether oxygens (including phenoxy) is 1. The van der Waals surface area contributed by atoms with E-state index in [1.165, 1.54) is 0 Å². The van der Waals surface area contributed by atoms with Gasteiger partial charge in [-0.2, -0.15) is 0 Å². The van der Waals surface area contributed by atoms with Crippen LogP contribution in [0.2, 0.25) is 5.02 Å². The van der Waals surface area contributed by atoms with Gasteiger partial charge in [0.2, 0.25) is 0 Å². The highest BCUT2D eigenvalue weighted by Crippen LogP contribution is 2.28. The second-order valence-electron chi connectivity index (χ2n) is 4.11. The Morgan fingerprint density at radius 3 is 3.00 bits per heavy atom. The van der Waals surface area contributed by atoms with Crippen LogP contribution >= 0.6 is 11.6 Å². The Morgan fingerprint density at radius 2 is 2.35 bits per heavy atom. The van der Waals surface area contributed by atoms with Crippen molar-refractivity contribution in [1.29, 1.82) is 0 Å². The number of anilines is 1. The maximum atomic E-state index is 11.7. The standard InChI is InChI=1S/C12H15ClN2O2/c1-8-2-3-9(6-11(8)13)15-10(4-5-14)7-17-12(15)16/h2-3,6,10H,4-5,7,14H2,1H3. The molecule has 1 unspecified atom stereocenters. The first-order chi connectivity index (χ1) is 8.13. The minimum atomic E-state index is -0.330. The summed E-state index contributed by atoms with van der Waals surface area (Å²) in [5.74, 6) is 0. The fraction of sp³-hybridized carbons (Fsp3) is 0.417. The van der Waals surface area contributed by atoms with Crippen molar-refractivity contribution in [1.82, 2.24) is 0 Å². The molecule has 1 aromatic rings. The van der Waals surface area contributed by atoms with Crippen molar-refractivity contribution in [3.63, 3.8) is 0 Å². The molecule has 17 heavy (non-hydrogen) atoms. The largest absolute Gasteiger partial charge is 0.447 e. The first-order valence-corrected chi connectivity index (χ1v) is 5.93. The second kappa shape index (κ2) is 4.94. The lowest BCUT2D eigenvalue weighted by atomic mass is 10.1. The molecule has 0 aromatic heterocycles. The van der Waals surface area contributed by atoms with Gasteiger partial charge in [0.1, 0.15) is 6.61 Å². The molecule has 1 aliphatic rings. The number of cyclic esters (lactones) is 1. The summed E-state index contributed by atoms with van der Waals surface area (Å²) < 4.78 is 5.04. The molecule has 2 rings (SSSR count). The summed E-state index contributed by atoms with van der Waals surface area (Å²) in [5.41, 5.74) is 7.28. The summed E-state index contributed by atoms with van der Waals surface area (Å²) in [6.45, 7) is 2.84. The predicted molar refractivity (Wildman–Crippen MR) is 67.5 cm³/mol. The topological polar surface area (TPSA) is 55.6 Å². The average molecular weight is 255 g/mol. The van der Waals surface area contributed by atoms with E-state index in [0.29, 0.717) is 18.2 Å². The highest BCUT2D eigenvalue weighted by molar-refractivity contribution is 6.31. The van der Waals surface area contributed by atoms with E-state index in [4.69, 9.17) is 22.1 Å². The van der Waals surface area contributed by atoms with Crippen LogP contribution in [0.4, 0.5) is 10.5 Å². The molecule has 92 valence electrons. The van der Waals surface area contributed by atoms with Gasteiger partial charge in [-0.1, -0.05) is 17.7 Å². The molecular formula is C12H15ClN2O2. The Morgan fingerprint density at radius 1 is 1.59 bits per heavy atom. The van der Waals surface area contributed by atoms with Gasteiger partial charge in [0.25, 0.3) is 0 Å². The summed E-state index contributed by atoms with van der Waals surface area (Å²) in [7, 11) is 0. The van der Waals surface area contributed by atoms with Gasteiger partial charge in [-0.3, -0.25) is 4.90 Å². The number of amides is 1. The quantitative estimate of drug-likeness (QED) is 0.901. The zero-order chi connectivity index (χ0) is 12.4. The van der Waals surface area contributed by atoms with Crippen LogP contribution in [0.1, 0.15) is 12.0 Å². The van der Waals surface area contributed by atoms with Crippen LogP contribution in [-0.4, -0.2) is 25.3 Å². The molecule has 0 radical (unpaired) electrons. The number of nitrogens with zero attached hydrogens (tertiary/aromatic N) is 1. The van der Waals surface area contributed by atoms with E-state index >= 15 is 0 Å². The van der Waals surface area contributed by atoms with Gasteiger partial charge in [0, 0.05) is 10.7 Å². The SMILES string of the molecule is Cc1ccc(N2C(=O)OCC2CCN)cc1Cl. The molecule has 0 spiro atoms. The van der Waals surface area contributed by atoms with E-state index in [1.54, 1.807) is 11.0 Å². The summed E-state index contributed by atoms with van der Waals surface area (Å²) in [4.78, 5) is 13.3. The summed E-state index contributed by atoms with van der Waals surface area (Å²) >= 11 is 6.06. The second-order valence-corrected chi connectivity index (χ2v) is 4.52. The molecule has 5 heteroatoms. The Bertz CT molecular complexity index is 437. The Kier molecular flexibility index (Phi) is 3.54. The maximum absolute atomic E-state index is 11.7. The smallest absolute Gasteiger partial charge is 0.414 e. The molecular weight excluding hydrogens is 240 g/mol. The Labute approximate surface area is 105 Å². The van der Waals surface area contributed by atoms with Gasteiger partial charge in [-0.05, 0) is 37.6 Å². The molecule has 2 N–H and O–H groups in total. The number of hydrogen-bond donors (Lipinski definition) is 1. The first-order valence-electron chi connectivity index (χ1n) is 5.55. The third kappa shape index (κ3) is 2.37. The first kappa shape index (κ1) is 12.2. The molecule has 1 atom stereocenters. The van der Waals surface area contributed by atoms with Gasteiger partial charge in [0.05, 0.1) is 6.04 Å². The van der Waals surface area contributed by atoms with Crippen LogP contribution in [0.5, 0.6) is 0 Å². The van der Waals surface area contributed by atoms with E-state index in [9.17, 15) is 4.79 Å². The molecule has 0 saturated carbocycles. The highest BCUT2D eigenvalue weighted by Gasteiger charge is 2.33. The van der Waals surface area contributed by atoms with E-state index in [2.05, 4.69) is 0 Å². The third-order valence-corrected chi connectivity index (χ3v) is 3.30. The van der Waals surface area contributed by atoms with Crippen molar-refractivity contribution >= 4 is 23.4 Å². The molecule has 1 heterocycles. The highest BCUT2D eigenvalue weighted by atomic mass is 35.5. The lowest BCUT2D eigenvalue weighted by molar-refractivity contribution is 0.178. The van der Waals surface area contributed by atoms with Crippen molar-refractivity contribution in [2.24, 2.45) is 5.73 Å². The minimum absolute atomic E-state index is 0.00581. The van der Waals surface area contributed by atoms with Crippen LogP contribution in [0.25, 0.3) is 0 Å². The zero-order valence-electron chi connectivity index (χ0n) is 9.65. The third-order valence-electron chi connectivity index (χ3n) is 2.89. The lowest BCUT2D eigenvalue weighted by Gasteiger charge is -2.21. The molecule has 1 fully saturated rings. The van der Waals surface area contributed by atoms with Crippen molar-refractivity contribution in [2.45, 2.75) is 19.4 Å². The molecule has 1 aromatic carbocycles. The Balaban J connectivity index is 2.29. The van der Waals surface area contributed by atoms with Gasteiger partial charge in [0.15, 0.2) is 0 Å². The molecule has 1 amide bonds. The van der Waals surface area contributed by atoms with Gasteiger partial charge in [-0.15, -0.1) is 0 Å². The summed E-state index contributed by atoms with van der Waals surface area (Å²) in [6.07, 6.45) is 0.389. The monoisotopic (exact) mass is 254 g/mol. The van der Waals surface area contributed by atoms with E-state index < -0.39 is 0 Å². The van der Waals surface area contributed by atoms with Crippen molar-refractivity contribution in [3.8, 4) is 0 Å². The van der Waals surface area contributed by atoms with Crippen LogP contribution in [-0.2, 0) is 4.74 Å². The Hall–Kier alpha value is -1.26. The van der Waals surface area contributed by atoms with Crippen LogP contribution in [0.3, 0.4) is 0 Å². The van der Waals surface area contributed by atoms with E-state index in [0.717, 1.165) is 17.7 Å². The number of halogens is 1. The number of carbonyl (C=O) groups excluding carboxylic acids is 1. The van der Waals surface area contributed by atoms with Crippen molar-refractivity contribution in [2.75, 3.05) is 18.1 Å². The van der Waals surface area contributed by atoms with Gasteiger partial charge in [-0.25, -0.2) is 4.79 Å². The number of hydrogen-bond acceptors (Lipinski definition) is 3. The van der Waals surface area contributed by atoms with E-state index in [-0.39, 0.29) is 12.1 Å². The van der Waals surface area contributed by atoms with Crippen LogP contribution in [0.15, 0.2) is 18.2 Å². The van der Waals surface area contributed by atoms with Crippen LogP contribution in [0, 0.1) is 6.92 Å². The minimum Gasteiger partial charge on any atom is -0.447 e. The van der Waals surface area contributed by atoms with Crippen molar-refractivity contribution < 1.29 is 9.53 Å². The average Bonchev–Trinajstić information content (AvgIpc) is 2.65.